The van der Waals surface area contributed by atoms with Crippen molar-refractivity contribution in [1.82, 2.24) is 15.2 Å². The predicted octanol–water partition coefficient (Wildman–Crippen LogP) is 2.42. The molecule has 0 saturated carbocycles. The zero-order valence-electron chi connectivity index (χ0n) is 15.5. The maximum absolute atomic E-state index is 13.0. The Labute approximate surface area is 179 Å². The van der Waals surface area contributed by atoms with E-state index in [2.05, 4.69) is 14.9 Å². The molecule has 3 aromatic rings. The normalized spacial score (nSPS) is 16.6. The third-order valence-electron chi connectivity index (χ3n) is 4.46. The molecule has 2 heterocycles. The lowest BCUT2D eigenvalue weighted by atomic mass is 10.1. The van der Waals surface area contributed by atoms with Crippen LogP contribution in [0.4, 0.5) is 9.18 Å². The molecule has 1 saturated heterocycles. The molecule has 0 spiro atoms. The van der Waals surface area contributed by atoms with Gasteiger partial charge in [-0.2, -0.15) is 8.42 Å². The van der Waals surface area contributed by atoms with Gasteiger partial charge in [0.15, 0.2) is 16.8 Å². The van der Waals surface area contributed by atoms with Crippen molar-refractivity contribution in [3.8, 4) is 0 Å². The number of rotatable bonds is 7. The zero-order valence-corrected chi connectivity index (χ0v) is 17.1. The van der Waals surface area contributed by atoms with Crippen LogP contribution in [-0.4, -0.2) is 61.3 Å². The van der Waals surface area contributed by atoms with E-state index >= 15 is 0 Å². The van der Waals surface area contributed by atoms with Gasteiger partial charge in [0.25, 0.3) is 10.1 Å². The fourth-order valence-electron chi connectivity index (χ4n) is 2.94. The van der Waals surface area contributed by atoms with Crippen molar-refractivity contribution < 1.29 is 35.9 Å². The summed E-state index contributed by atoms with van der Waals surface area (Å²) in [5.41, 5.74) is 0.191. The van der Waals surface area contributed by atoms with Gasteiger partial charge >= 0.3 is 6.09 Å². The van der Waals surface area contributed by atoms with Crippen LogP contribution in [-0.2, 0) is 19.0 Å². The standard InChI is InChI=1S/C18H13ClFN3O7S/c19-13-5-6-15(17-16(13)21-30-22-17)31(26,27)28-9-12-7-23(18(25)29-12)8-14(24)10-1-3-11(20)4-2-10/h1-6,12H,7-9H2. The number of benzene rings is 2. The van der Waals surface area contributed by atoms with E-state index in [1.165, 1.54) is 24.3 Å². The molecular formula is C18H13ClFN3O7S. The van der Waals surface area contributed by atoms with Gasteiger partial charge in [0.05, 0.1) is 18.1 Å². The first kappa shape index (κ1) is 21.2. The van der Waals surface area contributed by atoms with Crippen molar-refractivity contribution >= 4 is 44.6 Å². The van der Waals surface area contributed by atoms with Gasteiger partial charge in [-0.1, -0.05) is 11.6 Å². The minimum atomic E-state index is -4.30. The summed E-state index contributed by atoms with van der Waals surface area (Å²) < 4.78 is 52.7. The number of amides is 1. The highest BCUT2D eigenvalue weighted by molar-refractivity contribution is 7.87. The molecule has 0 radical (unpaired) electrons. The maximum Gasteiger partial charge on any atom is 0.410 e. The summed E-state index contributed by atoms with van der Waals surface area (Å²) in [6.45, 7) is -0.857. The van der Waals surface area contributed by atoms with Crippen LogP contribution in [0.5, 0.6) is 0 Å². The number of Topliss-reactive ketones (excluding diaryl/α,β-unsaturated/α-hetero) is 1. The molecule has 1 aliphatic rings. The molecule has 31 heavy (non-hydrogen) atoms. The van der Waals surface area contributed by atoms with Crippen LogP contribution in [0, 0.1) is 5.82 Å². The third-order valence-corrected chi connectivity index (χ3v) is 6.08. The Balaban J connectivity index is 1.39. The van der Waals surface area contributed by atoms with E-state index in [1.807, 2.05) is 0 Å². The lowest BCUT2D eigenvalue weighted by molar-refractivity contribution is 0.0932. The molecule has 162 valence electrons. The molecule has 0 aliphatic carbocycles. The Bertz CT molecular complexity index is 1260. The Morgan fingerprint density at radius 1 is 1.19 bits per heavy atom. The molecule has 1 aliphatic heterocycles. The van der Waals surface area contributed by atoms with Crippen molar-refractivity contribution in [3.63, 3.8) is 0 Å². The summed E-state index contributed by atoms with van der Waals surface area (Å²) in [6.07, 6.45) is -1.72. The van der Waals surface area contributed by atoms with Gasteiger partial charge < -0.3 is 4.74 Å². The lowest BCUT2D eigenvalue weighted by Crippen LogP contribution is -2.32. The summed E-state index contributed by atoms with van der Waals surface area (Å²) in [5.74, 6) is -0.914. The zero-order chi connectivity index (χ0) is 22.2. The molecule has 1 amide bonds. The first-order chi connectivity index (χ1) is 14.7. The highest BCUT2D eigenvalue weighted by atomic mass is 35.5. The van der Waals surface area contributed by atoms with E-state index in [4.69, 9.17) is 20.5 Å². The second-order valence-corrected chi connectivity index (χ2v) is 8.55. The monoisotopic (exact) mass is 469 g/mol. The average molecular weight is 470 g/mol. The van der Waals surface area contributed by atoms with Gasteiger partial charge in [0.2, 0.25) is 0 Å². The number of ketones is 1. The van der Waals surface area contributed by atoms with Crippen LogP contribution in [0.15, 0.2) is 45.9 Å². The molecule has 1 aromatic heterocycles. The van der Waals surface area contributed by atoms with Crippen LogP contribution >= 0.6 is 11.6 Å². The van der Waals surface area contributed by atoms with Crippen molar-refractivity contribution in [2.45, 2.75) is 11.0 Å². The van der Waals surface area contributed by atoms with E-state index in [0.717, 1.165) is 17.0 Å². The quantitative estimate of drug-likeness (QED) is 0.378. The van der Waals surface area contributed by atoms with Crippen LogP contribution < -0.4 is 0 Å². The highest BCUT2D eigenvalue weighted by Crippen LogP contribution is 2.28. The third kappa shape index (κ3) is 4.36. The predicted molar refractivity (Wildman–Crippen MR) is 103 cm³/mol. The molecule has 1 atom stereocenters. The highest BCUT2D eigenvalue weighted by Gasteiger charge is 2.34. The molecule has 1 fully saturated rings. The second-order valence-electron chi connectivity index (χ2n) is 6.56. The first-order valence-corrected chi connectivity index (χ1v) is 10.6. The van der Waals surface area contributed by atoms with Gasteiger partial charge in [-0.3, -0.25) is 13.9 Å². The van der Waals surface area contributed by atoms with Gasteiger partial charge in [-0.25, -0.2) is 13.8 Å². The van der Waals surface area contributed by atoms with Crippen molar-refractivity contribution in [2.24, 2.45) is 0 Å². The number of carbonyl (C=O) groups is 2. The van der Waals surface area contributed by atoms with Crippen LogP contribution in [0.1, 0.15) is 10.4 Å². The van der Waals surface area contributed by atoms with E-state index in [9.17, 15) is 22.4 Å². The molecular weight excluding hydrogens is 457 g/mol. The number of cyclic esters (lactones) is 1. The minimum absolute atomic E-state index is 0.0594. The Morgan fingerprint density at radius 2 is 1.90 bits per heavy atom. The lowest BCUT2D eigenvalue weighted by Gasteiger charge is -2.12. The summed E-state index contributed by atoms with van der Waals surface area (Å²) in [5, 5.41) is 7.23. The number of carbonyl (C=O) groups excluding carboxylic acids is 2. The van der Waals surface area contributed by atoms with E-state index < -0.39 is 40.5 Å². The van der Waals surface area contributed by atoms with Gasteiger partial charge in [0.1, 0.15) is 23.4 Å². The molecule has 1 unspecified atom stereocenters. The average Bonchev–Trinajstić information content (AvgIpc) is 3.35. The van der Waals surface area contributed by atoms with E-state index in [0.29, 0.717) is 0 Å². The van der Waals surface area contributed by atoms with Gasteiger partial charge in [0, 0.05) is 5.56 Å². The van der Waals surface area contributed by atoms with Crippen LogP contribution in [0.2, 0.25) is 5.02 Å². The maximum atomic E-state index is 13.0. The molecule has 10 nitrogen and oxygen atoms in total. The fourth-order valence-corrected chi connectivity index (χ4v) is 4.19. The number of nitrogens with zero attached hydrogens (tertiary/aromatic N) is 3. The van der Waals surface area contributed by atoms with E-state index in [1.54, 1.807) is 0 Å². The summed E-state index contributed by atoms with van der Waals surface area (Å²) in [7, 11) is -4.30. The van der Waals surface area contributed by atoms with Crippen molar-refractivity contribution in [2.75, 3.05) is 19.7 Å². The molecule has 13 heteroatoms. The number of halogens is 2. The smallest absolute Gasteiger partial charge is 0.410 e. The fraction of sp³-hybridized carbons (Fsp3) is 0.222. The number of ether oxygens (including phenoxy) is 1. The second kappa shape index (κ2) is 8.21. The molecule has 0 N–H and O–H groups in total. The van der Waals surface area contributed by atoms with Crippen LogP contribution in [0.25, 0.3) is 11.0 Å². The Kier molecular flexibility index (Phi) is 5.60. The number of hydrogen-bond acceptors (Lipinski definition) is 9. The Morgan fingerprint density at radius 3 is 2.65 bits per heavy atom. The van der Waals surface area contributed by atoms with E-state index in [-0.39, 0.29) is 39.6 Å². The van der Waals surface area contributed by atoms with Gasteiger partial charge in [-0.15, -0.1) is 0 Å². The SMILES string of the molecule is O=C(CN1CC(COS(=O)(=O)c2ccc(Cl)c3nonc23)OC1=O)c1ccc(F)cc1. The Hall–Kier alpha value is -3.09. The number of aromatic nitrogens is 2. The van der Waals surface area contributed by atoms with Crippen LogP contribution in [0.3, 0.4) is 0 Å². The number of fused-ring (bicyclic) bond motifs is 1. The summed E-state index contributed by atoms with van der Waals surface area (Å²) >= 11 is 5.92. The number of hydrogen-bond donors (Lipinski definition) is 0. The van der Waals surface area contributed by atoms with Crippen molar-refractivity contribution in [3.05, 3.63) is 52.8 Å². The summed E-state index contributed by atoms with van der Waals surface area (Å²) in [4.78, 5) is 25.1. The topological polar surface area (TPSA) is 129 Å². The molecule has 0 bridgehead atoms. The van der Waals surface area contributed by atoms with Gasteiger partial charge in [-0.05, 0) is 46.7 Å². The largest absolute Gasteiger partial charge is 0.442 e. The minimum Gasteiger partial charge on any atom is -0.442 e. The molecule has 2 aromatic carbocycles. The first-order valence-electron chi connectivity index (χ1n) is 8.79. The summed E-state index contributed by atoms with van der Waals surface area (Å²) in [6, 6.07) is 7.38. The van der Waals surface area contributed by atoms with Crippen molar-refractivity contribution in [1.29, 1.82) is 0 Å². The molecule has 4 rings (SSSR count).